The van der Waals surface area contributed by atoms with Gasteiger partial charge >= 0.3 is 0 Å². The van der Waals surface area contributed by atoms with Crippen molar-refractivity contribution in [1.29, 1.82) is 0 Å². The van der Waals surface area contributed by atoms with E-state index in [2.05, 4.69) is 20.4 Å². The molecule has 0 aliphatic heterocycles. The lowest BCUT2D eigenvalue weighted by atomic mass is 10.1. The Morgan fingerprint density at radius 2 is 2.22 bits per heavy atom. The first kappa shape index (κ1) is 13.3. The average molecular weight is 308 g/mol. The number of carbonyl (C=O) groups excluding carboxylic acids is 1. The first-order valence-corrected chi connectivity index (χ1v) is 6.97. The van der Waals surface area contributed by atoms with Crippen LogP contribution in [0.15, 0.2) is 51.9 Å². The summed E-state index contributed by atoms with van der Waals surface area (Å²) < 4.78 is 10.5. The second-order valence-corrected chi connectivity index (χ2v) is 5.03. The number of rotatable bonds is 3. The lowest BCUT2D eigenvalue weighted by Gasteiger charge is -2.01. The molecule has 1 aromatic carbocycles. The number of aryl methyl sites for hydroxylation is 1. The molecule has 7 nitrogen and oxygen atoms in total. The molecule has 0 bridgehead atoms. The Labute approximate surface area is 130 Å². The third kappa shape index (κ3) is 2.28. The Bertz CT molecular complexity index is 996. The van der Waals surface area contributed by atoms with Gasteiger partial charge in [-0.15, -0.1) is 0 Å². The molecule has 4 rings (SSSR count). The molecule has 0 saturated carbocycles. The topological polar surface area (TPSA) is 97.0 Å². The molecule has 0 radical (unpaired) electrons. The van der Waals surface area contributed by atoms with Crippen molar-refractivity contribution >= 4 is 22.8 Å². The van der Waals surface area contributed by atoms with Gasteiger partial charge in [-0.25, -0.2) is 4.98 Å². The third-order valence-electron chi connectivity index (χ3n) is 3.57. The molecule has 0 unspecified atom stereocenters. The maximum atomic E-state index is 12.4. The molecule has 2 N–H and O–H groups in total. The second-order valence-electron chi connectivity index (χ2n) is 5.03. The van der Waals surface area contributed by atoms with E-state index in [4.69, 9.17) is 8.94 Å². The van der Waals surface area contributed by atoms with Crippen LogP contribution in [0.4, 0.5) is 5.82 Å². The number of amides is 1. The number of fused-ring (bicyclic) bond motifs is 1. The number of para-hydroxylation sites is 1. The van der Waals surface area contributed by atoms with Crippen LogP contribution in [0, 0.1) is 6.92 Å². The Kier molecular flexibility index (Phi) is 2.97. The lowest BCUT2D eigenvalue weighted by molar-refractivity contribution is 0.102. The van der Waals surface area contributed by atoms with Crippen LogP contribution in [-0.4, -0.2) is 21.0 Å². The molecule has 3 aromatic heterocycles. The first-order chi connectivity index (χ1) is 11.2. The molecule has 0 fully saturated rings. The Balaban J connectivity index is 1.61. The van der Waals surface area contributed by atoms with Crippen molar-refractivity contribution in [3.05, 3.63) is 54.2 Å². The van der Waals surface area contributed by atoms with E-state index in [1.807, 2.05) is 13.0 Å². The molecule has 23 heavy (non-hydrogen) atoms. The zero-order chi connectivity index (χ0) is 15.8. The summed E-state index contributed by atoms with van der Waals surface area (Å²) >= 11 is 0. The van der Waals surface area contributed by atoms with Crippen molar-refractivity contribution in [2.45, 2.75) is 6.92 Å². The van der Waals surface area contributed by atoms with E-state index >= 15 is 0 Å². The zero-order valence-electron chi connectivity index (χ0n) is 12.2. The smallest absolute Gasteiger partial charge is 0.259 e. The van der Waals surface area contributed by atoms with Gasteiger partial charge < -0.3 is 19.2 Å². The summed E-state index contributed by atoms with van der Waals surface area (Å²) in [4.78, 5) is 19.6. The van der Waals surface area contributed by atoms with Crippen molar-refractivity contribution < 1.29 is 13.7 Å². The SMILES string of the molecule is Cc1occc1-c1cc(NC(=O)c2cccc3[nH]cnc23)no1. The number of aromatic amines is 1. The van der Waals surface area contributed by atoms with Gasteiger partial charge in [0.15, 0.2) is 11.6 Å². The molecular formula is C16H12N4O3. The van der Waals surface area contributed by atoms with E-state index in [9.17, 15) is 4.79 Å². The maximum Gasteiger partial charge on any atom is 0.259 e. The number of aromatic nitrogens is 3. The number of benzene rings is 1. The van der Waals surface area contributed by atoms with Crippen LogP contribution >= 0.6 is 0 Å². The predicted molar refractivity (Wildman–Crippen MR) is 83.0 cm³/mol. The van der Waals surface area contributed by atoms with Gasteiger partial charge in [-0.3, -0.25) is 4.79 Å². The number of anilines is 1. The quantitative estimate of drug-likeness (QED) is 0.604. The Morgan fingerprint density at radius 3 is 3.04 bits per heavy atom. The van der Waals surface area contributed by atoms with Crippen LogP contribution in [0.25, 0.3) is 22.4 Å². The molecule has 7 heteroatoms. The first-order valence-electron chi connectivity index (χ1n) is 6.97. The van der Waals surface area contributed by atoms with Crippen molar-refractivity contribution in [3.63, 3.8) is 0 Å². The van der Waals surface area contributed by atoms with E-state index in [0.717, 1.165) is 16.8 Å². The largest absolute Gasteiger partial charge is 0.469 e. The minimum atomic E-state index is -0.300. The van der Waals surface area contributed by atoms with Gasteiger partial charge in [-0.2, -0.15) is 0 Å². The van der Waals surface area contributed by atoms with Gasteiger partial charge in [0, 0.05) is 6.07 Å². The summed E-state index contributed by atoms with van der Waals surface area (Å²) in [6.45, 7) is 1.83. The number of H-pyrrole nitrogens is 1. The highest BCUT2D eigenvalue weighted by atomic mass is 16.5. The van der Waals surface area contributed by atoms with Gasteiger partial charge in [0.2, 0.25) is 0 Å². The van der Waals surface area contributed by atoms with Crippen LogP contribution in [0.3, 0.4) is 0 Å². The van der Waals surface area contributed by atoms with E-state index in [1.54, 1.807) is 36.9 Å². The summed E-state index contributed by atoms with van der Waals surface area (Å²) in [5.41, 5.74) is 2.67. The van der Waals surface area contributed by atoms with Gasteiger partial charge in [0.25, 0.3) is 5.91 Å². The molecule has 0 atom stereocenters. The van der Waals surface area contributed by atoms with Gasteiger partial charge in [0.1, 0.15) is 11.3 Å². The number of carbonyl (C=O) groups is 1. The highest BCUT2D eigenvalue weighted by Gasteiger charge is 2.16. The fourth-order valence-corrected chi connectivity index (χ4v) is 2.43. The van der Waals surface area contributed by atoms with Crippen LogP contribution in [-0.2, 0) is 0 Å². The van der Waals surface area contributed by atoms with E-state index in [0.29, 0.717) is 22.7 Å². The Morgan fingerprint density at radius 1 is 1.30 bits per heavy atom. The highest BCUT2D eigenvalue weighted by molar-refractivity contribution is 6.11. The van der Waals surface area contributed by atoms with Gasteiger partial charge in [-0.1, -0.05) is 11.2 Å². The lowest BCUT2D eigenvalue weighted by Crippen LogP contribution is -2.12. The molecule has 4 aromatic rings. The van der Waals surface area contributed by atoms with Crippen LogP contribution < -0.4 is 5.32 Å². The fourth-order valence-electron chi connectivity index (χ4n) is 2.43. The summed E-state index contributed by atoms with van der Waals surface area (Å²) in [7, 11) is 0. The summed E-state index contributed by atoms with van der Waals surface area (Å²) in [6, 6.07) is 8.79. The number of hydrogen-bond acceptors (Lipinski definition) is 5. The number of hydrogen-bond donors (Lipinski definition) is 2. The third-order valence-corrected chi connectivity index (χ3v) is 3.57. The van der Waals surface area contributed by atoms with Gasteiger partial charge in [0.05, 0.1) is 29.2 Å². The van der Waals surface area contributed by atoms with Crippen LogP contribution in [0.5, 0.6) is 0 Å². The molecule has 0 spiro atoms. The molecule has 1 amide bonds. The Hall–Kier alpha value is -3.35. The monoisotopic (exact) mass is 308 g/mol. The number of imidazole rings is 1. The molecule has 0 saturated heterocycles. The number of furan rings is 1. The second kappa shape index (κ2) is 5.13. The average Bonchev–Trinajstić information content (AvgIpc) is 3.26. The number of nitrogens with one attached hydrogen (secondary N) is 2. The summed E-state index contributed by atoms with van der Waals surface area (Å²) in [6.07, 6.45) is 3.13. The predicted octanol–water partition coefficient (Wildman–Crippen LogP) is 3.37. The summed E-state index contributed by atoms with van der Waals surface area (Å²) in [5.74, 6) is 1.29. The normalized spacial score (nSPS) is 11.0. The van der Waals surface area contributed by atoms with Crippen LogP contribution in [0.1, 0.15) is 16.1 Å². The standard InChI is InChI=1S/C16H12N4O3/c1-9-10(5-6-22-9)13-7-14(20-23-13)19-16(21)11-3-2-4-12-15(11)18-8-17-12/h2-8H,1H3,(H,17,18)(H,19,20,21). The molecule has 0 aliphatic rings. The van der Waals surface area contributed by atoms with Crippen molar-refractivity contribution in [2.75, 3.05) is 5.32 Å². The van der Waals surface area contributed by atoms with Crippen molar-refractivity contribution in [1.82, 2.24) is 15.1 Å². The number of nitrogens with zero attached hydrogens (tertiary/aromatic N) is 2. The highest BCUT2D eigenvalue weighted by Crippen LogP contribution is 2.26. The van der Waals surface area contributed by atoms with E-state index < -0.39 is 0 Å². The molecular weight excluding hydrogens is 296 g/mol. The molecule has 3 heterocycles. The maximum absolute atomic E-state index is 12.4. The van der Waals surface area contributed by atoms with Crippen molar-refractivity contribution in [3.8, 4) is 11.3 Å². The molecule has 114 valence electrons. The minimum absolute atomic E-state index is 0.300. The fraction of sp³-hybridized carbons (Fsp3) is 0.0625. The van der Waals surface area contributed by atoms with E-state index in [-0.39, 0.29) is 5.91 Å². The van der Waals surface area contributed by atoms with Crippen molar-refractivity contribution in [2.24, 2.45) is 0 Å². The summed E-state index contributed by atoms with van der Waals surface area (Å²) in [5, 5.41) is 6.58. The minimum Gasteiger partial charge on any atom is -0.469 e. The van der Waals surface area contributed by atoms with Crippen LogP contribution in [0.2, 0.25) is 0 Å². The molecule has 0 aliphatic carbocycles. The van der Waals surface area contributed by atoms with E-state index in [1.165, 1.54) is 0 Å². The zero-order valence-corrected chi connectivity index (χ0v) is 12.2. The van der Waals surface area contributed by atoms with Gasteiger partial charge in [-0.05, 0) is 25.1 Å².